The molecule has 3 N–H and O–H groups in total. The number of nitrogens with zero attached hydrogens (tertiary/aromatic N) is 1. The lowest BCUT2D eigenvalue weighted by Gasteiger charge is -2.11. The molecule has 120 valence electrons. The average Bonchev–Trinajstić information content (AvgIpc) is 3.29. The zero-order chi connectivity index (χ0) is 16.4. The number of benzene rings is 2. The molecule has 2 aromatic carbocycles. The van der Waals surface area contributed by atoms with Crippen molar-refractivity contribution in [1.29, 1.82) is 0 Å². The molecule has 1 fully saturated rings. The van der Waals surface area contributed by atoms with Gasteiger partial charge in [0.15, 0.2) is 0 Å². The van der Waals surface area contributed by atoms with Gasteiger partial charge in [0, 0.05) is 0 Å². The molecule has 2 atom stereocenters. The van der Waals surface area contributed by atoms with Gasteiger partial charge >= 0.3 is 6.03 Å². The molecule has 0 heterocycles. The van der Waals surface area contributed by atoms with Gasteiger partial charge in [0.25, 0.3) is 0 Å². The van der Waals surface area contributed by atoms with Crippen LogP contribution in [0.1, 0.15) is 23.5 Å². The van der Waals surface area contributed by atoms with E-state index < -0.39 is 6.03 Å². The van der Waals surface area contributed by atoms with Gasteiger partial charge in [-0.05, 0) is 55.0 Å². The minimum Gasteiger partial charge on any atom is -0.457 e. The maximum absolute atomic E-state index is 10.9. The summed E-state index contributed by atoms with van der Waals surface area (Å²) in [6.07, 6.45) is 0.929. The van der Waals surface area contributed by atoms with Crippen molar-refractivity contribution in [3.63, 3.8) is 0 Å². The second-order valence-corrected chi connectivity index (χ2v) is 6.01. The van der Waals surface area contributed by atoms with Gasteiger partial charge in [-0.1, -0.05) is 29.8 Å². The summed E-state index contributed by atoms with van der Waals surface area (Å²) in [5, 5.41) is 9.99. The van der Waals surface area contributed by atoms with Gasteiger partial charge in [0.2, 0.25) is 0 Å². The summed E-state index contributed by atoms with van der Waals surface area (Å²) in [5.74, 6) is 2.15. The molecule has 3 rings (SSSR count). The summed E-state index contributed by atoms with van der Waals surface area (Å²) in [5.41, 5.74) is 7.37. The summed E-state index contributed by atoms with van der Waals surface area (Å²) < 4.78 is 5.87. The summed E-state index contributed by atoms with van der Waals surface area (Å²) in [6.45, 7) is 2.30. The molecule has 2 unspecified atom stereocenters. The number of aryl methyl sites for hydroxylation is 1. The van der Waals surface area contributed by atoms with Crippen LogP contribution in [-0.2, 0) is 0 Å². The molecule has 5 heteroatoms. The summed E-state index contributed by atoms with van der Waals surface area (Å²) >= 11 is 0. The van der Waals surface area contributed by atoms with Gasteiger partial charge in [0.1, 0.15) is 11.5 Å². The van der Waals surface area contributed by atoms with Crippen molar-refractivity contribution >= 4 is 6.03 Å². The molecular formula is C18H20N2O3. The highest BCUT2D eigenvalue weighted by atomic mass is 16.5. The first kappa shape index (κ1) is 15.4. The highest BCUT2D eigenvalue weighted by Crippen LogP contribution is 2.48. The summed E-state index contributed by atoms with van der Waals surface area (Å²) in [4.78, 5) is 10.9. The third kappa shape index (κ3) is 3.81. The number of hydrogen-bond donors (Lipinski definition) is 2. The number of nitrogens with two attached hydrogens (primary N) is 1. The van der Waals surface area contributed by atoms with E-state index in [0.29, 0.717) is 11.0 Å². The number of carbonyl (C=O) groups excluding carboxylic acids is 1. The van der Waals surface area contributed by atoms with Gasteiger partial charge in [-0.2, -0.15) is 0 Å². The fraction of sp³-hybridized carbons (Fsp3) is 0.278. The van der Waals surface area contributed by atoms with Crippen LogP contribution >= 0.6 is 0 Å². The minimum absolute atomic E-state index is 0.238. The molecule has 2 aromatic rings. The van der Waals surface area contributed by atoms with E-state index in [-0.39, 0.29) is 12.5 Å². The first-order valence-corrected chi connectivity index (χ1v) is 7.63. The van der Waals surface area contributed by atoms with Crippen LogP contribution in [0.2, 0.25) is 0 Å². The Morgan fingerprint density at radius 1 is 1.26 bits per heavy atom. The lowest BCUT2D eigenvalue weighted by Crippen LogP contribution is -2.34. The Bertz CT molecular complexity index is 700. The molecule has 1 aliphatic rings. The Labute approximate surface area is 135 Å². The highest BCUT2D eigenvalue weighted by molar-refractivity contribution is 5.70. The zero-order valence-corrected chi connectivity index (χ0v) is 13.0. The van der Waals surface area contributed by atoms with Crippen LogP contribution < -0.4 is 10.5 Å². The van der Waals surface area contributed by atoms with Gasteiger partial charge in [-0.3, -0.25) is 5.21 Å². The first-order valence-electron chi connectivity index (χ1n) is 7.63. The third-order valence-corrected chi connectivity index (χ3v) is 4.13. The Morgan fingerprint density at radius 2 is 2.00 bits per heavy atom. The highest BCUT2D eigenvalue weighted by Gasteiger charge is 2.40. The van der Waals surface area contributed by atoms with Crippen LogP contribution in [0.15, 0.2) is 48.5 Å². The topological polar surface area (TPSA) is 75.8 Å². The average molecular weight is 312 g/mol. The Hall–Kier alpha value is -2.53. The van der Waals surface area contributed by atoms with Crippen molar-refractivity contribution in [2.45, 2.75) is 19.3 Å². The minimum atomic E-state index is -0.813. The standard InChI is InChI=1S/C18H20N2O3/c1-12-5-7-15(8-6-12)23-16-4-2-3-13(9-16)17-10-14(17)11-20(22)18(19)21/h2-9,14,17,22H,10-11H2,1H3,(H2,19,21). The van der Waals surface area contributed by atoms with Gasteiger partial charge in [-0.25, -0.2) is 9.86 Å². The van der Waals surface area contributed by atoms with Crippen LogP contribution in [-0.4, -0.2) is 22.8 Å². The number of rotatable bonds is 5. The van der Waals surface area contributed by atoms with E-state index in [9.17, 15) is 10.0 Å². The quantitative estimate of drug-likeness (QED) is 0.653. The largest absolute Gasteiger partial charge is 0.457 e. The fourth-order valence-corrected chi connectivity index (χ4v) is 2.72. The number of ether oxygens (including phenoxy) is 1. The molecule has 0 saturated heterocycles. The summed E-state index contributed by atoms with van der Waals surface area (Å²) in [6, 6.07) is 15.0. The zero-order valence-electron chi connectivity index (χ0n) is 13.0. The number of carbonyl (C=O) groups is 1. The van der Waals surface area contributed by atoms with Gasteiger partial charge < -0.3 is 10.5 Å². The molecular weight excluding hydrogens is 292 g/mol. The predicted octanol–water partition coefficient (Wildman–Crippen LogP) is 3.66. The predicted molar refractivity (Wildman–Crippen MR) is 86.6 cm³/mol. The molecule has 0 radical (unpaired) electrons. The van der Waals surface area contributed by atoms with Gasteiger partial charge in [0.05, 0.1) is 6.54 Å². The third-order valence-electron chi connectivity index (χ3n) is 4.13. The van der Waals surface area contributed by atoms with Crippen LogP contribution in [0.4, 0.5) is 4.79 Å². The normalized spacial score (nSPS) is 19.2. The van der Waals surface area contributed by atoms with E-state index in [2.05, 4.69) is 0 Å². The van der Waals surface area contributed by atoms with E-state index in [1.54, 1.807) is 0 Å². The Morgan fingerprint density at radius 3 is 2.70 bits per heavy atom. The van der Waals surface area contributed by atoms with Crippen molar-refractivity contribution in [3.8, 4) is 11.5 Å². The maximum Gasteiger partial charge on any atom is 0.338 e. The molecule has 0 aliphatic heterocycles. The van der Waals surface area contributed by atoms with Crippen molar-refractivity contribution < 1.29 is 14.7 Å². The van der Waals surface area contributed by atoms with Crippen molar-refractivity contribution in [2.75, 3.05) is 6.54 Å². The SMILES string of the molecule is Cc1ccc(Oc2cccc(C3CC3CN(O)C(N)=O)c2)cc1. The number of hydroxylamine groups is 2. The molecule has 5 nitrogen and oxygen atoms in total. The van der Waals surface area contributed by atoms with Crippen molar-refractivity contribution in [1.82, 2.24) is 5.06 Å². The van der Waals surface area contributed by atoms with E-state index in [1.165, 1.54) is 5.56 Å². The molecule has 1 aliphatic carbocycles. The van der Waals surface area contributed by atoms with Crippen LogP contribution in [0.25, 0.3) is 0 Å². The van der Waals surface area contributed by atoms with Crippen LogP contribution in [0.5, 0.6) is 11.5 Å². The molecule has 2 amide bonds. The molecule has 0 spiro atoms. The Kier molecular flexibility index (Phi) is 4.21. The summed E-state index contributed by atoms with van der Waals surface area (Å²) in [7, 11) is 0. The monoisotopic (exact) mass is 312 g/mol. The number of amides is 2. The number of hydrogen-bond acceptors (Lipinski definition) is 3. The van der Waals surface area contributed by atoms with Crippen molar-refractivity contribution in [2.24, 2.45) is 11.7 Å². The van der Waals surface area contributed by atoms with E-state index in [4.69, 9.17) is 10.5 Å². The van der Waals surface area contributed by atoms with E-state index in [0.717, 1.165) is 23.5 Å². The fourth-order valence-electron chi connectivity index (χ4n) is 2.72. The second-order valence-electron chi connectivity index (χ2n) is 6.01. The smallest absolute Gasteiger partial charge is 0.338 e. The second kappa shape index (κ2) is 6.30. The molecule has 1 saturated carbocycles. The van der Waals surface area contributed by atoms with Crippen LogP contribution in [0.3, 0.4) is 0 Å². The Balaban J connectivity index is 1.64. The van der Waals surface area contributed by atoms with E-state index >= 15 is 0 Å². The van der Waals surface area contributed by atoms with Crippen molar-refractivity contribution in [3.05, 3.63) is 59.7 Å². The number of urea groups is 1. The lowest BCUT2D eigenvalue weighted by atomic mass is 10.1. The molecule has 0 bridgehead atoms. The maximum atomic E-state index is 10.9. The lowest BCUT2D eigenvalue weighted by molar-refractivity contribution is -0.0431. The number of primary amides is 1. The molecule has 0 aromatic heterocycles. The molecule has 23 heavy (non-hydrogen) atoms. The first-order chi connectivity index (χ1) is 11.0. The van der Waals surface area contributed by atoms with Crippen LogP contribution in [0, 0.1) is 12.8 Å². The van der Waals surface area contributed by atoms with E-state index in [1.807, 2.05) is 55.5 Å². The van der Waals surface area contributed by atoms with Gasteiger partial charge in [-0.15, -0.1) is 0 Å².